The molecular formula is C15H19Cr-. The Kier molecular flexibility index (Phi) is 6.97. The Morgan fingerprint density at radius 3 is 1.50 bits per heavy atom. The normalized spacial score (nSPS) is 9.69. The van der Waals surface area contributed by atoms with Crippen molar-refractivity contribution in [2.75, 3.05) is 0 Å². The van der Waals surface area contributed by atoms with Crippen molar-refractivity contribution < 1.29 is 17.4 Å². The number of hydrogen-bond donors (Lipinski definition) is 0. The summed E-state index contributed by atoms with van der Waals surface area (Å²) >= 11 is 0. The van der Waals surface area contributed by atoms with Crippen molar-refractivity contribution in [3.8, 4) is 0 Å². The average Bonchev–Trinajstić information content (AvgIpc) is 2.73. The number of rotatable bonds is 0. The smallest absolute Gasteiger partial charge is 0 e. The van der Waals surface area contributed by atoms with Crippen molar-refractivity contribution in [2.24, 2.45) is 0 Å². The summed E-state index contributed by atoms with van der Waals surface area (Å²) < 4.78 is 0. The summed E-state index contributed by atoms with van der Waals surface area (Å²) in [7, 11) is 0. The molecule has 0 unspecified atom stereocenters. The van der Waals surface area contributed by atoms with Crippen molar-refractivity contribution in [3.63, 3.8) is 0 Å². The van der Waals surface area contributed by atoms with Gasteiger partial charge in [0.1, 0.15) is 0 Å². The van der Waals surface area contributed by atoms with Crippen LogP contribution in [0.1, 0.15) is 26.3 Å². The summed E-state index contributed by atoms with van der Waals surface area (Å²) in [6, 6.07) is 20.5. The minimum absolute atomic E-state index is 0. The van der Waals surface area contributed by atoms with E-state index in [0.29, 0.717) is 5.41 Å². The van der Waals surface area contributed by atoms with Gasteiger partial charge in [0.15, 0.2) is 0 Å². The Morgan fingerprint density at radius 2 is 1.31 bits per heavy atom. The molecular weight excluding hydrogens is 232 g/mol. The van der Waals surface area contributed by atoms with Crippen molar-refractivity contribution in [2.45, 2.75) is 26.2 Å². The third kappa shape index (κ3) is 5.86. The summed E-state index contributed by atoms with van der Waals surface area (Å²) in [5.41, 5.74) is 1.74. The zero-order valence-electron chi connectivity index (χ0n) is 10.2. The second-order valence-corrected chi connectivity index (χ2v) is 4.58. The largest absolute Gasteiger partial charge is 0.210 e. The van der Waals surface area contributed by atoms with Crippen LogP contribution in [-0.4, -0.2) is 0 Å². The molecule has 0 nitrogen and oxygen atoms in total. The Balaban J connectivity index is 0.000000283. The van der Waals surface area contributed by atoms with E-state index in [0.717, 1.165) is 0 Å². The zero-order chi connectivity index (χ0) is 11.1. The third-order valence-electron chi connectivity index (χ3n) is 2.20. The molecule has 0 amide bonds. The third-order valence-corrected chi connectivity index (χ3v) is 2.20. The predicted octanol–water partition coefficient (Wildman–Crippen LogP) is 4.39. The van der Waals surface area contributed by atoms with Gasteiger partial charge >= 0.3 is 0 Å². The quantitative estimate of drug-likeness (QED) is 0.609. The molecule has 0 aromatic heterocycles. The van der Waals surface area contributed by atoms with E-state index in [1.54, 1.807) is 0 Å². The van der Waals surface area contributed by atoms with Gasteiger partial charge in [-0.3, -0.25) is 0 Å². The molecule has 2 rings (SSSR count). The summed E-state index contributed by atoms with van der Waals surface area (Å²) in [5.74, 6) is 0. The van der Waals surface area contributed by atoms with Gasteiger partial charge in [-0.1, -0.05) is 62.6 Å². The fraction of sp³-hybridized carbons (Fsp3) is 0.267. The van der Waals surface area contributed by atoms with E-state index in [1.165, 1.54) is 5.56 Å². The van der Waals surface area contributed by atoms with Crippen LogP contribution in [0.2, 0.25) is 0 Å². The summed E-state index contributed by atoms with van der Waals surface area (Å²) in [4.78, 5) is 0. The molecule has 2 aromatic carbocycles. The molecule has 86 valence electrons. The topological polar surface area (TPSA) is 0 Å². The molecule has 0 aliphatic heterocycles. The van der Waals surface area contributed by atoms with E-state index < -0.39 is 0 Å². The van der Waals surface area contributed by atoms with E-state index >= 15 is 0 Å². The SMILES string of the molecule is CC(C)(C)c1cc[cH-]c1.[Cr].c1ccccc1. The Hall–Kier alpha value is -0.898. The van der Waals surface area contributed by atoms with E-state index in [4.69, 9.17) is 0 Å². The van der Waals surface area contributed by atoms with Crippen LogP contribution < -0.4 is 0 Å². The molecule has 2 aromatic rings. The maximum atomic E-state index is 2.22. The first-order chi connectivity index (χ1) is 7.11. The Morgan fingerprint density at radius 1 is 0.875 bits per heavy atom. The average molecular weight is 251 g/mol. The molecule has 0 aliphatic rings. The van der Waals surface area contributed by atoms with Gasteiger partial charge in [0, 0.05) is 17.4 Å². The van der Waals surface area contributed by atoms with Crippen LogP contribution in [0.3, 0.4) is 0 Å². The van der Waals surface area contributed by atoms with Crippen LogP contribution in [0, 0.1) is 0 Å². The molecule has 16 heavy (non-hydrogen) atoms. The van der Waals surface area contributed by atoms with Crippen LogP contribution in [-0.2, 0) is 22.8 Å². The van der Waals surface area contributed by atoms with Gasteiger partial charge in [-0.15, -0.1) is 0 Å². The van der Waals surface area contributed by atoms with Gasteiger partial charge in [-0.2, -0.15) is 23.8 Å². The molecule has 0 atom stereocenters. The van der Waals surface area contributed by atoms with E-state index in [1.807, 2.05) is 36.4 Å². The zero-order valence-corrected chi connectivity index (χ0v) is 11.5. The van der Waals surface area contributed by atoms with Gasteiger partial charge in [-0.05, 0) is 0 Å². The Labute approximate surface area is 110 Å². The van der Waals surface area contributed by atoms with Crippen molar-refractivity contribution in [1.29, 1.82) is 0 Å². The maximum absolute atomic E-state index is 2.22. The molecule has 0 saturated carbocycles. The minimum Gasteiger partial charge on any atom is -0.210 e. The molecule has 0 fully saturated rings. The van der Waals surface area contributed by atoms with Gasteiger partial charge in [0.25, 0.3) is 0 Å². The van der Waals surface area contributed by atoms with Crippen LogP contribution in [0.4, 0.5) is 0 Å². The van der Waals surface area contributed by atoms with Gasteiger partial charge in [0.05, 0.1) is 0 Å². The van der Waals surface area contributed by atoms with Crippen LogP contribution in [0.15, 0.2) is 60.7 Å². The number of benzene rings is 1. The maximum Gasteiger partial charge on any atom is 0 e. The first-order valence-electron chi connectivity index (χ1n) is 5.33. The Bertz CT molecular complexity index is 314. The first-order valence-corrected chi connectivity index (χ1v) is 5.33. The van der Waals surface area contributed by atoms with Crippen molar-refractivity contribution in [1.82, 2.24) is 0 Å². The molecule has 0 spiro atoms. The molecule has 0 N–H and O–H groups in total. The molecule has 0 heterocycles. The van der Waals surface area contributed by atoms with Crippen LogP contribution >= 0.6 is 0 Å². The fourth-order valence-electron chi connectivity index (χ4n) is 1.26. The fourth-order valence-corrected chi connectivity index (χ4v) is 1.26. The predicted molar refractivity (Wildman–Crippen MR) is 67.2 cm³/mol. The summed E-state index contributed by atoms with van der Waals surface area (Å²) in [5, 5.41) is 0. The summed E-state index contributed by atoms with van der Waals surface area (Å²) in [6.07, 6.45) is 0. The van der Waals surface area contributed by atoms with E-state index in [-0.39, 0.29) is 17.4 Å². The monoisotopic (exact) mass is 251 g/mol. The molecule has 0 aliphatic carbocycles. The van der Waals surface area contributed by atoms with E-state index in [9.17, 15) is 0 Å². The summed E-state index contributed by atoms with van der Waals surface area (Å²) in [6.45, 7) is 6.67. The van der Waals surface area contributed by atoms with Gasteiger partial charge in [-0.25, -0.2) is 6.07 Å². The minimum atomic E-state index is 0. The van der Waals surface area contributed by atoms with E-state index in [2.05, 4.69) is 45.0 Å². The van der Waals surface area contributed by atoms with Crippen LogP contribution in [0.5, 0.6) is 0 Å². The molecule has 0 bridgehead atoms. The second-order valence-electron chi connectivity index (χ2n) is 4.58. The van der Waals surface area contributed by atoms with Crippen LogP contribution in [0.25, 0.3) is 0 Å². The second kappa shape index (κ2) is 7.39. The van der Waals surface area contributed by atoms with Gasteiger partial charge < -0.3 is 0 Å². The van der Waals surface area contributed by atoms with Crippen molar-refractivity contribution >= 4 is 0 Å². The molecule has 1 heteroatoms. The first kappa shape index (κ1) is 15.1. The molecule has 0 radical (unpaired) electrons. The molecule has 0 saturated heterocycles. The van der Waals surface area contributed by atoms with Gasteiger partial charge in [0.2, 0.25) is 0 Å². The number of hydrogen-bond acceptors (Lipinski definition) is 0. The van der Waals surface area contributed by atoms with Crippen molar-refractivity contribution in [3.05, 3.63) is 66.2 Å². The standard InChI is InChI=1S/C9H13.C6H6.Cr/c1-9(2,3)8-6-4-5-7-8;1-2-4-6-5-3-1;/h4-7H,1-3H3;1-6H;/q-1;;.